The fourth-order valence-corrected chi connectivity index (χ4v) is 1.52. The number of aromatic nitrogens is 2. The van der Waals surface area contributed by atoms with Gasteiger partial charge in [0.25, 0.3) is 5.91 Å². The lowest BCUT2D eigenvalue weighted by Crippen LogP contribution is -2.39. The zero-order valence-corrected chi connectivity index (χ0v) is 10.3. The lowest BCUT2D eigenvalue weighted by Gasteiger charge is -2.27. The number of nitrogen functional groups attached to an aromatic ring is 1. The molecule has 0 saturated carbocycles. The minimum atomic E-state index is -0.0482. The van der Waals surface area contributed by atoms with Crippen molar-refractivity contribution in [2.24, 2.45) is 5.92 Å². The number of nitrogens with one attached hydrogen (secondary N) is 1. The van der Waals surface area contributed by atoms with Crippen molar-refractivity contribution in [1.29, 1.82) is 0 Å². The van der Waals surface area contributed by atoms with Gasteiger partial charge in [0, 0.05) is 18.7 Å². The average molecular weight is 224 g/mol. The van der Waals surface area contributed by atoms with Crippen LogP contribution in [0.25, 0.3) is 0 Å². The number of aromatic amines is 1. The summed E-state index contributed by atoms with van der Waals surface area (Å²) in [7, 11) is 0. The molecule has 0 atom stereocenters. The highest BCUT2D eigenvalue weighted by molar-refractivity contribution is 5.93. The number of anilines is 1. The summed E-state index contributed by atoms with van der Waals surface area (Å²) in [5.41, 5.74) is 5.93. The molecular formula is C11H20N4O. The SMILES string of the molecule is CC(C)CN(C(=O)c1cc(N)n[nH]1)C(C)C. The zero-order valence-electron chi connectivity index (χ0n) is 10.3. The lowest BCUT2D eigenvalue weighted by molar-refractivity contribution is 0.0676. The molecule has 5 heteroatoms. The van der Waals surface area contributed by atoms with Gasteiger partial charge in [-0.3, -0.25) is 9.89 Å². The summed E-state index contributed by atoms with van der Waals surface area (Å²) in [5, 5.41) is 6.41. The predicted octanol–water partition coefficient (Wildman–Crippen LogP) is 1.50. The number of hydrogen-bond acceptors (Lipinski definition) is 3. The van der Waals surface area contributed by atoms with Gasteiger partial charge < -0.3 is 10.6 Å². The summed E-state index contributed by atoms with van der Waals surface area (Å²) in [6.07, 6.45) is 0. The third-order valence-corrected chi connectivity index (χ3v) is 2.27. The molecule has 0 fully saturated rings. The molecule has 3 N–H and O–H groups in total. The van der Waals surface area contributed by atoms with Gasteiger partial charge in [0.2, 0.25) is 0 Å². The van der Waals surface area contributed by atoms with Crippen LogP contribution >= 0.6 is 0 Å². The van der Waals surface area contributed by atoms with E-state index in [0.717, 1.165) is 6.54 Å². The summed E-state index contributed by atoms with van der Waals surface area (Å²) in [6.45, 7) is 8.91. The van der Waals surface area contributed by atoms with Crippen LogP contribution in [0.2, 0.25) is 0 Å². The molecule has 90 valence electrons. The molecule has 0 aliphatic carbocycles. The van der Waals surface area contributed by atoms with Crippen LogP contribution in [0, 0.1) is 5.92 Å². The highest BCUT2D eigenvalue weighted by Gasteiger charge is 2.21. The Morgan fingerprint density at radius 3 is 2.50 bits per heavy atom. The molecule has 0 aliphatic heterocycles. The van der Waals surface area contributed by atoms with Crippen LogP contribution in [0.3, 0.4) is 0 Å². The highest BCUT2D eigenvalue weighted by Crippen LogP contribution is 2.11. The van der Waals surface area contributed by atoms with E-state index in [0.29, 0.717) is 17.4 Å². The summed E-state index contributed by atoms with van der Waals surface area (Å²) in [5.74, 6) is 0.733. The van der Waals surface area contributed by atoms with Crippen LogP contribution in [0.1, 0.15) is 38.2 Å². The molecular weight excluding hydrogens is 204 g/mol. The van der Waals surface area contributed by atoms with Gasteiger partial charge in [-0.25, -0.2) is 0 Å². The van der Waals surface area contributed by atoms with Gasteiger partial charge in [-0.15, -0.1) is 0 Å². The maximum atomic E-state index is 12.1. The molecule has 0 unspecified atom stereocenters. The molecule has 0 bridgehead atoms. The molecule has 1 amide bonds. The van der Waals surface area contributed by atoms with Crippen molar-refractivity contribution < 1.29 is 4.79 Å². The Morgan fingerprint density at radius 2 is 2.12 bits per heavy atom. The van der Waals surface area contributed by atoms with E-state index < -0.39 is 0 Å². The number of carbonyl (C=O) groups excluding carboxylic acids is 1. The standard InChI is InChI=1S/C11H20N4O/c1-7(2)6-15(8(3)4)11(16)9-5-10(12)14-13-9/h5,7-8H,6H2,1-4H3,(H3,12,13,14). The van der Waals surface area contributed by atoms with Crippen molar-refractivity contribution in [3.8, 4) is 0 Å². The summed E-state index contributed by atoms with van der Waals surface area (Å²) >= 11 is 0. The second-order valence-corrected chi connectivity index (χ2v) is 4.65. The fourth-order valence-electron chi connectivity index (χ4n) is 1.52. The minimum absolute atomic E-state index is 0.0482. The van der Waals surface area contributed by atoms with Crippen molar-refractivity contribution in [1.82, 2.24) is 15.1 Å². The molecule has 0 aromatic carbocycles. The second-order valence-electron chi connectivity index (χ2n) is 4.65. The van der Waals surface area contributed by atoms with Crippen LogP contribution in [0.4, 0.5) is 5.82 Å². The molecule has 0 aliphatic rings. The van der Waals surface area contributed by atoms with Crippen molar-refractivity contribution in [2.75, 3.05) is 12.3 Å². The van der Waals surface area contributed by atoms with Gasteiger partial charge in [-0.1, -0.05) is 13.8 Å². The molecule has 0 radical (unpaired) electrons. The normalized spacial score (nSPS) is 11.1. The van der Waals surface area contributed by atoms with E-state index in [-0.39, 0.29) is 11.9 Å². The van der Waals surface area contributed by atoms with Crippen LogP contribution in [-0.4, -0.2) is 33.6 Å². The van der Waals surface area contributed by atoms with Crippen LogP contribution in [-0.2, 0) is 0 Å². The monoisotopic (exact) mass is 224 g/mol. The van der Waals surface area contributed by atoms with E-state index in [2.05, 4.69) is 24.0 Å². The molecule has 1 aromatic heterocycles. The van der Waals surface area contributed by atoms with Crippen molar-refractivity contribution >= 4 is 11.7 Å². The number of H-pyrrole nitrogens is 1. The van der Waals surface area contributed by atoms with Crippen LogP contribution in [0.5, 0.6) is 0 Å². The molecule has 0 saturated heterocycles. The number of rotatable bonds is 4. The molecule has 1 heterocycles. The molecule has 5 nitrogen and oxygen atoms in total. The number of nitrogens with two attached hydrogens (primary N) is 1. The van der Waals surface area contributed by atoms with E-state index >= 15 is 0 Å². The van der Waals surface area contributed by atoms with Crippen molar-refractivity contribution in [3.63, 3.8) is 0 Å². The smallest absolute Gasteiger partial charge is 0.272 e. The number of nitrogens with zero attached hydrogens (tertiary/aromatic N) is 2. The van der Waals surface area contributed by atoms with E-state index in [4.69, 9.17) is 5.73 Å². The number of amides is 1. The predicted molar refractivity (Wildman–Crippen MR) is 64.0 cm³/mol. The van der Waals surface area contributed by atoms with E-state index in [1.165, 1.54) is 0 Å². The molecule has 0 spiro atoms. The topological polar surface area (TPSA) is 75.0 Å². The Balaban J connectivity index is 2.83. The second kappa shape index (κ2) is 5.01. The Bertz CT molecular complexity index is 357. The Kier molecular flexibility index (Phi) is 3.93. The summed E-state index contributed by atoms with van der Waals surface area (Å²) < 4.78 is 0. The van der Waals surface area contributed by atoms with Gasteiger partial charge in [-0.2, -0.15) is 5.10 Å². The van der Waals surface area contributed by atoms with Crippen LogP contribution < -0.4 is 5.73 Å². The van der Waals surface area contributed by atoms with Crippen molar-refractivity contribution in [2.45, 2.75) is 33.7 Å². The quantitative estimate of drug-likeness (QED) is 0.813. The zero-order chi connectivity index (χ0) is 12.3. The molecule has 1 aromatic rings. The average Bonchev–Trinajstić information content (AvgIpc) is 2.59. The third kappa shape index (κ3) is 2.98. The van der Waals surface area contributed by atoms with E-state index in [1.54, 1.807) is 6.07 Å². The maximum Gasteiger partial charge on any atom is 0.272 e. The molecule has 1 rings (SSSR count). The van der Waals surface area contributed by atoms with Gasteiger partial charge in [-0.05, 0) is 19.8 Å². The Morgan fingerprint density at radius 1 is 1.50 bits per heavy atom. The Labute approximate surface area is 96.0 Å². The first-order chi connectivity index (χ1) is 7.41. The largest absolute Gasteiger partial charge is 0.382 e. The lowest BCUT2D eigenvalue weighted by atomic mass is 10.1. The van der Waals surface area contributed by atoms with Crippen molar-refractivity contribution in [3.05, 3.63) is 11.8 Å². The van der Waals surface area contributed by atoms with E-state index in [9.17, 15) is 4.79 Å². The molecule has 16 heavy (non-hydrogen) atoms. The van der Waals surface area contributed by atoms with Gasteiger partial charge >= 0.3 is 0 Å². The number of carbonyl (C=O) groups is 1. The van der Waals surface area contributed by atoms with Crippen LogP contribution in [0.15, 0.2) is 6.07 Å². The first-order valence-corrected chi connectivity index (χ1v) is 5.53. The van der Waals surface area contributed by atoms with E-state index in [1.807, 2.05) is 18.7 Å². The Hall–Kier alpha value is -1.52. The summed E-state index contributed by atoms with van der Waals surface area (Å²) in [6, 6.07) is 1.73. The van der Waals surface area contributed by atoms with Gasteiger partial charge in [0.15, 0.2) is 0 Å². The first-order valence-electron chi connectivity index (χ1n) is 5.53. The third-order valence-electron chi connectivity index (χ3n) is 2.27. The first kappa shape index (κ1) is 12.5. The highest BCUT2D eigenvalue weighted by atomic mass is 16.2. The number of hydrogen-bond donors (Lipinski definition) is 2. The van der Waals surface area contributed by atoms with Gasteiger partial charge in [0.05, 0.1) is 0 Å². The maximum absolute atomic E-state index is 12.1. The van der Waals surface area contributed by atoms with Gasteiger partial charge in [0.1, 0.15) is 11.5 Å². The fraction of sp³-hybridized carbons (Fsp3) is 0.636. The minimum Gasteiger partial charge on any atom is -0.382 e. The summed E-state index contributed by atoms with van der Waals surface area (Å²) in [4.78, 5) is 14.0.